The molecule has 2 aromatic rings. The number of ether oxygens (including phenoxy) is 2. The van der Waals surface area contributed by atoms with Gasteiger partial charge in [-0.25, -0.2) is 0 Å². The highest BCUT2D eigenvalue weighted by Crippen LogP contribution is 2.42. The molecule has 1 N–H and O–H groups in total. The van der Waals surface area contributed by atoms with Crippen LogP contribution in [-0.2, 0) is 4.79 Å². The highest BCUT2D eigenvalue weighted by molar-refractivity contribution is 7.99. The predicted octanol–water partition coefficient (Wildman–Crippen LogP) is 4.11. The van der Waals surface area contributed by atoms with Crippen molar-refractivity contribution in [3.05, 3.63) is 47.5 Å². The number of thioether (sulfide) groups is 1. The molecule has 2 aliphatic rings. The predicted molar refractivity (Wildman–Crippen MR) is 128 cm³/mol. The third kappa shape index (κ3) is 4.32. The average Bonchev–Trinajstić information content (AvgIpc) is 3.16. The van der Waals surface area contributed by atoms with Gasteiger partial charge in [-0.2, -0.15) is 11.8 Å². The molecule has 4 rings (SSSR count). The van der Waals surface area contributed by atoms with Crippen LogP contribution in [0.4, 0.5) is 11.4 Å². The molecule has 2 amide bonds. The molecule has 0 bridgehead atoms. The fraction of sp³-hybridized carbons (Fsp3) is 0.375. The van der Waals surface area contributed by atoms with Gasteiger partial charge in [0.25, 0.3) is 5.91 Å². The lowest BCUT2D eigenvalue weighted by Crippen LogP contribution is -2.37. The van der Waals surface area contributed by atoms with Crippen LogP contribution in [0.15, 0.2) is 41.4 Å². The van der Waals surface area contributed by atoms with Crippen molar-refractivity contribution >= 4 is 40.7 Å². The van der Waals surface area contributed by atoms with E-state index in [1.54, 1.807) is 20.3 Å². The first kappa shape index (κ1) is 22.2. The molecule has 1 saturated heterocycles. The minimum Gasteiger partial charge on any atom is -0.493 e. The molecule has 1 unspecified atom stereocenters. The van der Waals surface area contributed by atoms with Crippen molar-refractivity contribution in [3.8, 4) is 11.5 Å². The Hall–Kier alpha value is -3.00. The minimum atomic E-state index is -0.498. The largest absolute Gasteiger partial charge is 0.493 e. The lowest BCUT2D eigenvalue weighted by atomic mass is 9.93. The van der Waals surface area contributed by atoms with Gasteiger partial charge < -0.3 is 19.7 Å². The van der Waals surface area contributed by atoms with Crippen molar-refractivity contribution in [2.24, 2.45) is 4.99 Å². The number of amides is 2. The van der Waals surface area contributed by atoms with Gasteiger partial charge in [0.2, 0.25) is 5.91 Å². The number of rotatable bonds is 6. The van der Waals surface area contributed by atoms with Crippen LogP contribution in [0.1, 0.15) is 35.2 Å². The number of nitrogens with one attached hydrogen (secondary N) is 1. The van der Waals surface area contributed by atoms with Gasteiger partial charge in [0.05, 0.1) is 19.9 Å². The first-order chi connectivity index (χ1) is 15.5. The Bertz CT molecular complexity index is 1050. The van der Waals surface area contributed by atoms with Gasteiger partial charge in [0, 0.05) is 47.6 Å². The highest BCUT2D eigenvalue weighted by Gasteiger charge is 2.35. The maximum absolute atomic E-state index is 12.8. The second kappa shape index (κ2) is 9.65. The number of nitrogens with zero attached hydrogens (tertiary/aromatic N) is 2. The van der Waals surface area contributed by atoms with Gasteiger partial charge in [-0.05, 0) is 42.3 Å². The van der Waals surface area contributed by atoms with Crippen LogP contribution in [0.2, 0.25) is 0 Å². The van der Waals surface area contributed by atoms with E-state index in [0.29, 0.717) is 34.9 Å². The van der Waals surface area contributed by atoms with E-state index in [-0.39, 0.29) is 11.8 Å². The second-order valence-corrected chi connectivity index (χ2v) is 8.85. The molecule has 168 valence electrons. The highest BCUT2D eigenvalue weighted by atomic mass is 32.2. The molecule has 32 heavy (non-hydrogen) atoms. The second-order valence-electron chi connectivity index (χ2n) is 7.62. The molecule has 0 aliphatic carbocycles. The van der Waals surface area contributed by atoms with Crippen molar-refractivity contribution in [1.82, 2.24) is 4.90 Å². The first-order valence-corrected chi connectivity index (χ1v) is 11.8. The molecule has 2 aliphatic heterocycles. The van der Waals surface area contributed by atoms with Crippen LogP contribution in [0.25, 0.3) is 0 Å². The number of benzene rings is 2. The zero-order chi connectivity index (χ0) is 22.7. The number of carbonyl (C=O) groups is 2. The Morgan fingerprint density at radius 2 is 1.78 bits per heavy atom. The Kier molecular flexibility index (Phi) is 6.69. The summed E-state index contributed by atoms with van der Waals surface area (Å²) in [6, 6.07) is 10.9. The Balaban J connectivity index is 1.60. The summed E-state index contributed by atoms with van der Waals surface area (Å²) in [7, 11) is 3.14. The van der Waals surface area contributed by atoms with Crippen molar-refractivity contribution in [2.75, 3.05) is 44.1 Å². The number of fused-ring (bicyclic) bond motifs is 1. The molecule has 1 atom stereocenters. The third-order valence-electron chi connectivity index (χ3n) is 5.77. The smallest absolute Gasteiger partial charge is 0.253 e. The van der Waals surface area contributed by atoms with Gasteiger partial charge in [-0.1, -0.05) is 6.92 Å². The summed E-state index contributed by atoms with van der Waals surface area (Å²) in [6.07, 6.45) is 0.609. The molecule has 2 aromatic carbocycles. The molecule has 1 fully saturated rings. The molecule has 0 radical (unpaired) electrons. The van der Waals surface area contributed by atoms with Gasteiger partial charge in [-0.15, -0.1) is 0 Å². The van der Waals surface area contributed by atoms with E-state index in [1.807, 2.05) is 53.9 Å². The molecule has 8 heteroatoms. The lowest BCUT2D eigenvalue weighted by Gasteiger charge is -2.26. The van der Waals surface area contributed by atoms with Crippen molar-refractivity contribution < 1.29 is 19.1 Å². The first-order valence-electron chi connectivity index (χ1n) is 10.7. The van der Waals surface area contributed by atoms with Crippen LogP contribution in [0.3, 0.4) is 0 Å². The summed E-state index contributed by atoms with van der Waals surface area (Å²) in [5.41, 5.74) is 3.66. The number of hydrogen-bond acceptors (Lipinski definition) is 6. The van der Waals surface area contributed by atoms with E-state index in [1.165, 1.54) is 0 Å². The summed E-state index contributed by atoms with van der Waals surface area (Å²) in [4.78, 5) is 32.2. The Labute approximate surface area is 192 Å². The standard InChI is InChI=1S/C24H27N3O4S/c1-4-18(22-17-13-20(30-2)21(31-3)14-19(17)26-23(22)28)25-16-7-5-15(6-8-16)24(29)27-9-11-32-12-10-27/h5-8,13-14,22H,4,9-12H2,1-3H3,(H,26,28). The zero-order valence-electron chi connectivity index (χ0n) is 18.5. The van der Waals surface area contributed by atoms with E-state index in [2.05, 4.69) is 5.32 Å². The maximum atomic E-state index is 12.8. The summed E-state index contributed by atoms with van der Waals surface area (Å²) in [5, 5.41) is 2.93. The van der Waals surface area contributed by atoms with E-state index in [0.717, 1.165) is 35.9 Å². The monoisotopic (exact) mass is 453 g/mol. The fourth-order valence-corrected chi connectivity index (χ4v) is 4.96. The van der Waals surface area contributed by atoms with E-state index < -0.39 is 5.92 Å². The number of hydrogen-bond donors (Lipinski definition) is 1. The Morgan fingerprint density at radius 1 is 1.12 bits per heavy atom. The van der Waals surface area contributed by atoms with Gasteiger partial charge in [-0.3, -0.25) is 14.6 Å². The maximum Gasteiger partial charge on any atom is 0.253 e. The molecular formula is C24H27N3O4S. The SMILES string of the molecule is CCC(=Nc1ccc(C(=O)N2CCSCC2)cc1)C1C(=O)Nc2cc(OC)c(OC)cc21. The van der Waals surface area contributed by atoms with Crippen LogP contribution in [0, 0.1) is 0 Å². The molecule has 0 saturated carbocycles. The summed E-state index contributed by atoms with van der Waals surface area (Å²) in [5.74, 6) is 2.54. The number of anilines is 1. The van der Waals surface area contributed by atoms with Crippen LogP contribution in [0.5, 0.6) is 11.5 Å². The van der Waals surface area contributed by atoms with Crippen molar-refractivity contribution in [1.29, 1.82) is 0 Å². The van der Waals surface area contributed by atoms with E-state index in [9.17, 15) is 9.59 Å². The minimum absolute atomic E-state index is 0.0571. The van der Waals surface area contributed by atoms with Gasteiger partial charge in [0.15, 0.2) is 11.5 Å². The average molecular weight is 454 g/mol. The normalized spacial score (nSPS) is 18.2. The number of aliphatic imine (C=N–C) groups is 1. The summed E-state index contributed by atoms with van der Waals surface area (Å²) >= 11 is 1.88. The van der Waals surface area contributed by atoms with E-state index >= 15 is 0 Å². The van der Waals surface area contributed by atoms with Gasteiger partial charge in [0.1, 0.15) is 5.92 Å². The molecule has 0 spiro atoms. The molecular weight excluding hydrogens is 426 g/mol. The van der Waals surface area contributed by atoms with Crippen LogP contribution < -0.4 is 14.8 Å². The fourth-order valence-electron chi connectivity index (χ4n) is 4.06. The van der Waals surface area contributed by atoms with Gasteiger partial charge >= 0.3 is 0 Å². The van der Waals surface area contributed by atoms with Crippen molar-refractivity contribution in [3.63, 3.8) is 0 Å². The van der Waals surface area contributed by atoms with Crippen LogP contribution in [-0.4, -0.2) is 61.2 Å². The van der Waals surface area contributed by atoms with E-state index in [4.69, 9.17) is 14.5 Å². The number of methoxy groups -OCH3 is 2. The molecule has 0 aromatic heterocycles. The Morgan fingerprint density at radius 3 is 2.41 bits per heavy atom. The third-order valence-corrected chi connectivity index (χ3v) is 6.71. The summed E-state index contributed by atoms with van der Waals surface area (Å²) < 4.78 is 10.8. The van der Waals surface area contributed by atoms with Crippen molar-refractivity contribution in [2.45, 2.75) is 19.3 Å². The summed E-state index contributed by atoms with van der Waals surface area (Å²) in [6.45, 7) is 3.55. The molecule has 2 heterocycles. The topological polar surface area (TPSA) is 80.2 Å². The lowest BCUT2D eigenvalue weighted by molar-refractivity contribution is -0.115. The zero-order valence-corrected chi connectivity index (χ0v) is 19.3. The number of carbonyl (C=O) groups excluding carboxylic acids is 2. The molecule has 7 nitrogen and oxygen atoms in total. The quantitative estimate of drug-likeness (QED) is 0.666. The van der Waals surface area contributed by atoms with Crippen LogP contribution >= 0.6 is 11.8 Å².